The summed E-state index contributed by atoms with van der Waals surface area (Å²) in [5.41, 5.74) is 9.96. The zero-order valence-corrected chi connectivity index (χ0v) is 26.6. The van der Waals surface area contributed by atoms with Crippen molar-refractivity contribution in [2.24, 2.45) is 0 Å². The Kier molecular flexibility index (Phi) is 7.33. The Morgan fingerprint density at radius 3 is 1.37 bits per heavy atom. The third kappa shape index (κ3) is 5.13. The molecule has 0 amide bonds. The van der Waals surface area contributed by atoms with Crippen molar-refractivity contribution >= 4 is 71.9 Å². The van der Waals surface area contributed by atoms with Crippen LogP contribution in [0.1, 0.15) is 0 Å². The Morgan fingerprint density at radius 1 is 0.348 bits per heavy atom. The Balaban J connectivity index is 1.35. The standard InChI is InChI=1S/C42H30BrN3/c43-31-27-37(44(32-15-5-1-6-16-32)33-17-7-2-8-18-33)29-38(28-31)45(34-19-9-3-10-20-34)36-25-26-40-39-23-13-14-24-41(39)46(42(40)30-36)35-21-11-4-12-22-35/h1-30H. The second-order valence-corrected chi connectivity index (χ2v) is 12.2. The second-order valence-electron chi connectivity index (χ2n) is 11.2. The third-order valence-corrected chi connectivity index (χ3v) is 8.81. The Morgan fingerprint density at radius 2 is 0.804 bits per heavy atom. The third-order valence-electron chi connectivity index (χ3n) is 8.36. The van der Waals surface area contributed by atoms with Gasteiger partial charge in [-0.1, -0.05) is 113 Å². The number of aromatic nitrogens is 1. The van der Waals surface area contributed by atoms with Gasteiger partial charge >= 0.3 is 0 Å². The number of benzene rings is 7. The summed E-state index contributed by atoms with van der Waals surface area (Å²) in [5.74, 6) is 0. The molecule has 8 rings (SSSR count). The van der Waals surface area contributed by atoms with Gasteiger partial charge in [0.05, 0.1) is 11.0 Å². The number of anilines is 6. The zero-order chi connectivity index (χ0) is 30.9. The number of fused-ring (bicyclic) bond motifs is 3. The molecule has 0 N–H and O–H groups in total. The number of hydrogen-bond donors (Lipinski definition) is 0. The van der Waals surface area contributed by atoms with Crippen LogP contribution in [0.3, 0.4) is 0 Å². The van der Waals surface area contributed by atoms with Crippen LogP contribution in [0.15, 0.2) is 186 Å². The van der Waals surface area contributed by atoms with Crippen LogP contribution < -0.4 is 9.80 Å². The highest BCUT2D eigenvalue weighted by atomic mass is 79.9. The lowest BCUT2D eigenvalue weighted by Gasteiger charge is -2.30. The molecule has 220 valence electrons. The van der Waals surface area contributed by atoms with Gasteiger partial charge in [-0.25, -0.2) is 0 Å². The van der Waals surface area contributed by atoms with Gasteiger partial charge in [-0.2, -0.15) is 0 Å². The van der Waals surface area contributed by atoms with Gasteiger partial charge in [0.1, 0.15) is 0 Å². The van der Waals surface area contributed by atoms with E-state index in [1.165, 1.54) is 16.3 Å². The molecule has 1 heterocycles. The fourth-order valence-electron chi connectivity index (χ4n) is 6.40. The summed E-state index contributed by atoms with van der Waals surface area (Å²) in [5, 5.41) is 2.47. The minimum Gasteiger partial charge on any atom is -0.310 e. The van der Waals surface area contributed by atoms with Gasteiger partial charge in [0, 0.05) is 55.1 Å². The van der Waals surface area contributed by atoms with Crippen LogP contribution in [0.4, 0.5) is 34.1 Å². The first-order valence-corrected chi connectivity index (χ1v) is 16.2. The number of para-hydroxylation sites is 5. The summed E-state index contributed by atoms with van der Waals surface area (Å²) in [6, 6.07) is 64.4. The van der Waals surface area contributed by atoms with Crippen molar-refractivity contribution in [2.75, 3.05) is 9.80 Å². The van der Waals surface area contributed by atoms with Crippen molar-refractivity contribution in [3.63, 3.8) is 0 Å². The summed E-state index contributed by atoms with van der Waals surface area (Å²) < 4.78 is 3.37. The molecule has 0 spiro atoms. The van der Waals surface area contributed by atoms with Crippen molar-refractivity contribution in [3.05, 3.63) is 186 Å². The summed E-state index contributed by atoms with van der Waals surface area (Å²) in [4.78, 5) is 4.64. The van der Waals surface area contributed by atoms with E-state index in [9.17, 15) is 0 Å². The number of hydrogen-bond acceptors (Lipinski definition) is 2. The van der Waals surface area contributed by atoms with Gasteiger partial charge < -0.3 is 14.4 Å². The quantitative estimate of drug-likeness (QED) is 0.169. The van der Waals surface area contributed by atoms with Crippen LogP contribution in [-0.4, -0.2) is 4.57 Å². The SMILES string of the molecule is Brc1cc(N(c2ccccc2)c2ccccc2)cc(N(c2ccccc2)c2ccc3c4ccccc4n(-c4ccccc4)c3c2)c1. The first kappa shape index (κ1) is 27.9. The number of nitrogens with zero attached hydrogens (tertiary/aromatic N) is 3. The maximum atomic E-state index is 3.89. The highest BCUT2D eigenvalue weighted by Crippen LogP contribution is 2.43. The van der Waals surface area contributed by atoms with Crippen LogP contribution in [0.2, 0.25) is 0 Å². The smallest absolute Gasteiger partial charge is 0.0561 e. The molecule has 0 aliphatic heterocycles. The molecule has 8 aromatic rings. The summed E-state index contributed by atoms with van der Waals surface area (Å²) in [6.45, 7) is 0. The van der Waals surface area contributed by atoms with Gasteiger partial charge in [0.15, 0.2) is 0 Å². The minimum absolute atomic E-state index is 0.997. The molecule has 0 radical (unpaired) electrons. The normalized spacial score (nSPS) is 11.2. The van der Waals surface area contributed by atoms with Crippen LogP contribution in [-0.2, 0) is 0 Å². The van der Waals surface area contributed by atoms with Gasteiger partial charge in [-0.3, -0.25) is 0 Å². The predicted molar refractivity (Wildman–Crippen MR) is 198 cm³/mol. The molecule has 46 heavy (non-hydrogen) atoms. The average Bonchev–Trinajstić information content (AvgIpc) is 3.44. The van der Waals surface area contributed by atoms with E-state index in [0.29, 0.717) is 0 Å². The molecule has 0 atom stereocenters. The summed E-state index contributed by atoms with van der Waals surface area (Å²) in [6.07, 6.45) is 0. The van der Waals surface area contributed by atoms with E-state index in [-0.39, 0.29) is 0 Å². The first-order valence-electron chi connectivity index (χ1n) is 15.4. The van der Waals surface area contributed by atoms with Crippen molar-refractivity contribution in [1.82, 2.24) is 4.57 Å². The molecule has 4 heteroatoms. The molecule has 0 saturated carbocycles. The molecule has 7 aromatic carbocycles. The van der Waals surface area contributed by atoms with E-state index in [0.717, 1.165) is 49.8 Å². The second kappa shape index (κ2) is 12.1. The van der Waals surface area contributed by atoms with Gasteiger partial charge in [0.25, 0.3) is 0 Å². The lowest BCUT2D eigenvalue weighted by atomic mass is 10.1. The lowest BCUT2D eigenvalue weighted by molar-refractivity contribution is 1.18. The van der Waals surface area contributed by atoms with E-state index in [2.05, 4.69) is 212 Å². The van der Waals surface area contributed by atoms with E-state index >= 15 is 0 Å². The van der Waals surface area contributed by atoms with E-state index in [1.54, 1.807) is 0 Å². The zero-order valence-electron chi connectivity index (χ0n) is 25.0. The maximum Gasteiger partial charge on any atom is 0.0561 e. The average molecular weight is 657 g/mol. The molecule has 0 aliphatic rings. The molecular weight excluding hydrogens is 626 g/mol. The largest absolute Gasteiger partial charge is 0.310 e. The molecular formula is C42H30BrN3. The van der Waals surface area contributed by atoms with Crippen molar-refractivity contribution in [3.8, 4) is 5.69 Å². The molecule has 0 aliphatic carbocycles. The molecule has 3 nitrogen and oxygen atoms in total. The molecule has 1 aromatic heterocycles. The number of rotatable bonds is 7. The van der Waals surface area contributed by atoms with Crippen molar-refractivity contribution < 1.29 is 0 Å². The Labute approximate surface area is 277 Å². The van der Waals surface area contributed by atoms with Crippen molar-refractivity contribution in [1.29, 1.82) is 0 Å². The van der Waals surface area contributed by atoms with Crippen LogP contribution in [0, 0.1) is 0 Å². The van der Waals surface area contributed by atoms with E-state index in [4.69, 9.17) is 0 Å². The lowest BCUT2D eigenvalue weighted by Crippen LogP contribution is -2.13. The Bertz CT molecular complexity index is 2220. The maximum absolute atomic E-state index is 3.89. The topological polar surface area (TPSA) is 11.4 Å². The van der Waals surface area contributed by atoms with Crippen molar-refractivity contribution in [2.45, 2.75) is 0 Å². The monoisotopic (exact) mass is 655 g/mol. The van der Waals surface area contributed by atoms with E-state index < -0.39 is 0 Å². The van der Waals surface area contributed by atoms with Gasteiger partial charge in [-0.05, 0) is 84.9 Å². The van der Waals surface area contributed by atoms with Crippen LogP contribution >= 0.6 is 15.9 Å². The summed E-state index contributed by atoms with van der Waals surface area (Å²) in [7, 11) is 0. The van der Waals surface area contributed by atoms with Gasteiger partial charge in [-0.15, -0.1) is 0 Å². The Hall–Kier alpha value is -5.58. The minimum atomic E-state index is 0.997. The fourth-order valence-corrected chi connectivity index (χ4v) is 6.87. The first-order chi connectivity index (χ1) is 22.7. The molecule has 0 saturated heterocycles. The summed E-state index contributed by atoms with van der Waals surface area (Å²) >= 11 is 3.89. The van der Waals surface area contributed by atoms with Crippen LogP contribution in [0.5, 0.6) is 0 Å². The molecule has 0 bridgehead atoms. The van der Waals surface area contributed by atoms with Gasteiger partial charge in [0.2, 0.25) is 0 Å². The number of halogens is 1. The highest BCUT2D eigenvalue weighted by Gasteiger charge is 2.20. The molecule has 0 fully saturated rings. The predicted octanol–water partition coefficient (Wildman–Crippen LogP) is 12.5. The van der Waals surface area contributed by atoms with E-state index in [1.807, 2.05) is 0 Å². The van der Waals surface area contributed by atoms with Crippen LogP contribution in [0.25, 0.3) is 27.5 Å². The molecule has 0 unspecified atom stereocenters. The highest BCUT2D eigenvalue weighted by molar-refractivity contribution is 9.10. The fraction of sp³-hybridized carbons (Fsp3) is 0.